The van der Waals surface area contributed by atoms with Crippen molar-refractivity contribution < 1.29 is 14.3 Å². The first kappa shape index (κ1) is 14.4. The van der Waals surface area contributed by atoms with Crippen molar-refractivity contribution in [2.75, 3.05) is 20.0 Å². The van der Waals surface area contributed by atoms with E-state index in [9.17, 15) is 4.79 Å². The molecule has 0 bridgehead atoms. The Kier molecular flexibility index (Phi) is 3.99. The fourth-order valence-electron chi connectivity index (χ4n) is 1.84. The smallest absolute Gasteiger partial charge is 0.202 e. The van der Waals surface area contributed by atoms with Gasteiger partial charge in [-0.05, 0) is 28.1 Å². The average molecular weight is 340 g/mol. The van der Waals surface area contributed by atoms with Crippen LogP contribution in [0.1, 0.15) is 15.9 Å². The van der Waals surface area contributed by atoms with E-state index in [1.807, 2.05) is 0 Å². The van der Waals surface area contributed by atoms with Gasteiger partial charge >= 0.3 is 0 Å². The Labute approximate surface area is 124 Å². The summed E-state index contributed by atoms with van der Waals surface area (Å²) in [7, 11) is 4.70. The van der Waals surface area contributed by atoms with E-state index >= 15 is 0 Å². The highest BCUT2D eigenvalue weighted by Crippen LogP contribution is 2.38. The van der Waals surface area contributed by atoms with E-state index in [1.54, 1.807) is 26.3 Å². The highest BCUT2D eigenvalue weighted by Gasteiger charge is 2.22. The van der Waals surface area contributed by atoms with Crippen molar-refractivity contribution in [3.05, 3.63) is 33.9 Å². The number of carbonyl (C=O) groups is 1. The molecule has 1 aromatic carbocycles. The van der Waals surface area contributed by atoms with Crippen LogP contribution < -0.4 is 15.2 Å². The van der Waals surface area contributed by atoms with Crippen LogP contribution in [0.15, 0.2) is 22.8 Å². The van der Waals surface area contributed by atoms with E-state index in [0.29, 0.717) is 32.9 Å². The number of aromatic nitrogens is 2. The fraction of sp³-hybridized carbons (Fsp3) is 0.231. The van der Waals surface area contributed by atoms with Crippen LogP contribution in [0.4, 0.5) is 5.82 Å². The molecule has 0 fully saturated rings. The van der Waals surface area contributed by atoms with Crippen molar-refractivity contribution in [1.82, 2.24) is 9.78 Å². The monoisotopic (exact) mass is 339 g/mol. The average Bonchev–Trinajstić information content (AvgIpc) is 2.78. The summed E-state index contributed by atoms with van der Waals surface area (Å²) in [5.41, 5.74) is 6.55. The third-order valence-corrected chi connectivity index (χ3v) is 3.71. The topological polar surface area (TPSA) is 79.4 Å². The first-order valence-electron chi connectivity index (χ1n) is 5.73. The minimum Gasteiger partial charge on any atom is -0.495 e. The van der Waals surface area contributed by atoms with Crippen molar-refractivity contribution in [2.24, 2.45) is 7.05 Å². The third kappa shape index (κ3) is 2.24. The second-order valence-electron chi connectivity index (χ2n) is 4.06. The molecule has 0 atom stereocenters. The van der Waals surface area contributed by atoms with E-state index < -0.39 is 0 Å². The maximum Gasteiger partial charge on any atom is 0.202 e. The van der Waals surface area contributed by atoms with Gasteiger partial charge in [-0.3, -0.25) is 9.48 Å². The highest BCUT2D eigenvalue weighted by molar-refractivity contribution is 9.10. The Morgan fingerprint density at radius 1 is 1.30 bits per heavy atom. The van der Waals surface area contributed by atoms with Gasteiger partial charge in [0, 0.05) is 7.05 Å². The SMILES string of the molecule is COc1ccc(C(=O)c2cnn(C)c2N)c(OC)c1Br. The van der Waals surface area contributed by atoms with E-state index in [1.165, 1.54) is 18.0 Å². The molecule has 20 heavy (non-hydrogen) atoms. The number of hydrogen-bond donors (Lipinski definition) is 1. The molecule has 106 valence electrons. The van der Waals surface area contributed by atoms with Gasteiger partial charge in [0.1, 0.15) is 21.8 Å². The molecule has 0 saturated heterocycles. The number of nitrogens with two attached hydrogens (primary N) is 1. The maximum atomic E-state index is 12.5. The summed E-state index contributed by atoms with van der Waals surface area (Å²) in [6, 6.07) is 3.32. The summed E-state index contributed by atoms with van der Waals surface area (Å²) in [6.07, 6.45) is 1.44. The van der Waals surface area contributed by atoms with Crippen molar-refractivity contribution in [1.29, 1.82) is 0 Å². The molecular formula is C13H14BrN3O3. The van der Waals surface area contributed by atoms with Crippen LogP contribution in [0, 0.1) is 0 Å². The molecule has 1 heterocycles. The quantitative estimate of drug-likeness (QED) is 0.862. The number of halogens is 1. The first-order chi connectivity index (χ1) is 9.51. The normalized spacial score (nSPS) is 10.4. The number of aryl methyl sites for hydroxylation is 1. The van der Waals surface area contributed by atoms with Crippen LogP contribution >= 0.6 is 15.9 Å². The molecule has 6 nitrogen and oxygen atoms in total. The van der Waals surface area contributed by atoms with E-state index in [-0.39, 0.29) is 5.78 Å². The summed E-state index contributed by atoms with van der Waals surface area (Å²) in [4.78, 5) is 12.5. The molecule has 0 aliphatic rings. The number of hydrogen-bond acceptors (Lipinski definition) is 5. The summed E-state index contributed by atoms with van der Waals surface area (Å²) in [5.74, 6) is 1.04. The summed E-state index contributed by atoms with van der Waals surface area (Å²) in [5, 5.41) is 3.97. The Morgan fingerprint density at radius 2 is 2.00 bits per heavy atom. The summed E-state index contributed by atoms with van der Waals surface area (Å²) < 4.78 is 12.5. The van der Waals surface area contributed by atoms with Crippen LogP contribution in [0.25, 0.3) is 0 Å². The Bertz CT molecular complexity index is 667. The minimum absolute atomic E-state index is 0.254. The fourth-order valence-corrected chi connectivity index (χ4v) is 2.51. The van der Waals surface area contributed by atoms with Gasteiger partial charge in [0.05, 0.1) is 31.5 Å². The number of carbonyl (C=O) groups excluding carboxylic acids is 1. The van der Waals surface area contributed by atoms with Gasteiger partial charge in [-0.25, -0.2) is 0 Å². The van der Waals surface area contributed by atoms with Gasteiger partial charge in [0.15, 0.2) is 0 Å². The lowest BCUT2D eigenvalue weighted by molar-refractivity contribution is 0.103. The predicted molar refractivity (Wildman–Crippen MR) is 78.3 cm³/mol. The van der Waals surface area contributed by atoms with Gasteiger partial charge in [0.25, 0.3) is 0 Å². The number of nitrogen functional groups attached to an aromatic ring is 1. The van der Waals surface area contributed by atoms with Gasteiger partial charge in [0.2, 0.25) is 5.78 Å². The second-order valence-corrected chi connectivity index (χ2v) is 4.85. The molecule has 0 saturated carbocycles. The molecule has 1 aromatic heterocycles. The number of benzene rings is 1. The lowest BCUT2D eigenvalue weighted by Crippen LogP contribution is -2.08. The number of rotatable bonds is 4. The minimum atomic E-state index is -0.254. The second kappa shape index (κ2) is 5.54. The summed E-state index contributed by atoms with van der Waals surface area (Å²) in [6.45, 7) is 0. The van der Waals surface area contributed by atoms with Crippen LogP contribution in [0.2, 0.25) is 0 Å². The Balaban J connectivity index is 2.55. The van der Waals surface area contributed by atoms with E-state index in [4.69, 9.17) is 15.2 Å². The summed E-state index contributed by atoms with van der Waals surface area (Å²) >= 11 is 3.36. The predicted octanol–water partition coefficient (Wildman–Crippen LogP) is 2.01. The highest BCUT2D eigenvalue weighted by atomic mass is 79.9. The zero-order valence-electron chi connectivity index (χ0n) is 11.3. The molecule has 2 N–H and O–H groups in total. The van der Waals surface area contributed by atoms with E-state index in [2.05, 4.69) is 21.0 Å². The van der Waals surface area contributed by atoms with Crippen molar-refractivity contribution in [3.63, 3.8) is 0 Å². The van der Waals surface area contributed by atoms with Crippen LogP contribution in [-0.2, 0) is 7.05 Å². The van der Waals surface area contributed by atoms with Gasteiger partial charge < -0.3 is 15.2 Å². The molecule has 0 radical (unpaired) electrons. The zero-order valence-corrected chi connectivity index (χ0v) is 12.9. The largest absolute Gasteiger partial charge is 0.495 e. The van der Waals surface area contributed by atoms with Gasteiger partial charge in [-0.15, -0.1) is 0 Å². The third-order valence-electron chi connectivity index (χ3n) is 2.96. The Morgan fingerprint density at radius 3 is 2.50 bits per heavy atom. The number of nitrogens with zero attached hydrogens (tertiary/aromatic N) is 2. The molecule has 7 heteroatoms. The van der Waals surface area contributed by atoms with Crippen molar-refractivity contribution in [3.8, 4) is 11.5 Å². The number of ether oxygens (including phenoxy) is 2. The number of anilines is 1. The van der Waals surface area contributed by atoms with Crippen molar-refractivity contribution >= 4 is 27.5 Å². The molecule has 0 aliphatic heterocycles. The molecular weight excluding hydrogens is 326 g/mol. The molecule has 0 aliphatic carbocycles. The molecule has 0 unspecified atom stereocenters. The van der Waals surface area contributed by atoms with Crippen LogP contribution in [0.3, 0.4) is 0 Å². The van der Waals surface area contributed by atoms with Crippen LogP contribution in [-0.4, -0.2) is 29.8 Å². The molecule has 2 rings (SSSR count). The Hall–Kier alpha value is -2.02. The number of methoxy groups -OCH3 is 2. The standard InChI is InChI=1S/C13H14BrN3O3/c1-17-13(15)8(6-16-17)11(18)7-4-5-9(19-2)10(14)12(7)20-3/h4-6H,15H2,1-3H3. The molecule has 0 amide bonds. The first-order valence-corrected chi connectivity index (χ1v) is 6.53. The lowest BCUT2D eigenvalue weighted by atomic mass is 10.0. The van der Waals surface area contributed by atoms with Crippen molar-refractivity contribution in [2.45, 2.75) is 0 Å². The van der Waals surface area contributed by atoms with E-state index in [0.717, 1.165) is 0 Å². The van der Waals surface area contributed by atoms with Gasteiger partial charge in [-0.2, -0.15) is 5.10 Å². The number of ketones is 1. The maximum absolute atomic E-state index is 12.5. The molecule has 2 aromatic rings. The zero-order chi connectivity index (χ0) is 14.9. The lowest BCUT2D eigenvalue weighted by Gasteiger charge is -2.12. The van der Waals surface area contributed by atoms with Gasteiger partial charge in [-0.1, -0.05) is 0 Å². The molecule has 0 spiro atoms. The van der Waals surface area contributed by atoms with Crippen LogP contribution in [0.5, 0.6) is 11.5 Å².